The van der Waals surface area contributed by atoms with Crippen LogP contribution in [-0.4, -0.2) is 36.6 Å². The zero-order valence-corrected chi connectivity index (χ0v) is 13.7. The lowest BCUT2D eigenvalue weighted by atomic mass is 10.3. The predicted molar refractivity (Wildman–Crippen MR) is 92.7 cm³/mol. The fraction of sp³-hybridized carbons (Fsp3) is 0.235. The number of benzene rings is 1. The van der Waals surface area contributed by atoms with Gasteiger partial charge < -0.3 is 20.5 Å². The van der Waals surface area contributed by atoms with Crippen molar-refractivity contribution in [1.82, 2.24) is 4.98 Å². The highest BCUT2D eigenvalue weighted by Gasteiger charge is 2.28. The smallest absolute Gasteiger partial charge is 0.266 e. The van der Waals surface area contributed by atoms with E-state index in [1.165, 1.54) is 4.90 Å². The van der Waals surface area contributed by atoms with Crippen molar-refractivity contribution in [3.05, 3.63) is 36.4 Å². The molecule has 1 aromatic carbocycles. The lowest BCUT2D eigenvalue weighted by Gasteiger charge is -2.27. The van der Waals surface area contributed by atoms with Crippen LogP contribution in [0.4, 0.5) is 17.3 Å². The molecule has 8 heteroatoms. The highest BCUT2D eigenvalue weighted by atomic mass is 16.5. The maximum atomic E-state index is 12.3. The molecule has 1 aliphatic heterocycles. The summed E-state index contributed by atoms with van der Waals surface area (Å²) >= 11 is 0. The van der Waals surface area contributed by atoms with Crippen LogP contribution in [-0.2, 0) is 9.59 Å². The lowest BCUT2D eigenvalue weighted by Crippen LogP contribution is -2.44. The molecule has 130 valence electrons. The molecule has 0 spiro atoms. The van der Waals surface area contributed by atoms with Crippen LogP contribution in [0.2, 0.25) is 0 Å². The van der Waals surface area contributed by atoms with E-state index in [0.29, 0.717) is 18.0 Å². The van der Waals surface area contributed by atoms with Gasteiger partial charge in [-0.15, -0.1) is 0 Å². The third kappa shape index (κ3) is 3.79. The Morgan fingerprint density at radius 1 is 1.32 bits per heavy atom. The zero-order chi connectivity index (χ0) is 17.8. The van der Waals surface area contributed by atoms with Gasteiger partial charge in [0.2, 0.25) is 5.91 Å². The maximum absolute atomic E-state index is 12.3. The van der Waals surface area contributed by atoms with E-state index in [0.717, 1.165) is 5.75 Å². The number of anilines is 3. The van der Waals surface area contributed by atoms with Crippen LogP contribution in [0.25, 0.3) is 0 Å². The number of amides is 2. The molecule has 2 heterocycles. The van der Waals surface area contributed by atoms with E-state index in [9.17, 15) is 9.59 Å². The normalized spacial score (nSPS) is 13.0. The van der Waals surface area contributed by atoms with E-state index in [4.69, 9.17) is 15.2 Å². The first-order valence-corrected chi connectivity index (χ1v) is 7.79. The average molecular weight is 342 g/mol. The van der Waals surface area contributed by atoms with Crippen molar-refractivity contribution in [2.75, 3.05) is 35.7 Å². The van der Waals surface area contributed by atoms with Crippen molar-refractivity contribution >= 4 is 29.1 Å². The first-order chi connectivity index (χ1) is 12.1. The second kappa shape index (κ2) is 7.08. The first-order valence-electron chi connectivity index (χ1n) is 7.79. The SMILES string of the molecule is CCOc1ccc(NC(=O)CN2C(=O)COc3ccc(N)nc32)cc1. The van der Waals surface area contributed by atoms with Gasteiger partial charge in [0.05, 0.1) is 6.61 Å². The van der Waals surface area contributed by atoms with Crippen LogP contribution >= 0.6 is 0 Å². The molecule has 0 radical (unpaired) electrons. The molecule has 0 saturated carbocycles. The number of carbonyl (C=O) groups is 2. The number of nitrogens with one attached hydrogen (secondary N) is 1. The molecule has 1 aromatic heterocycles. The molecule has 2 aromatic rings. The quantitative estimate of drug-likeness (QED) is 0.851. The van der Waals surface area contributed by atoms with E-state index in [-0.39, 0.29) is 36.6 Å². The zero-order valence-electron chi connectivity index (χ0n) is 13.7. The Labute approximate surface area is 144 Å². The summed E-state index contributed by atoms with van der Waals surface area (Å²) in [6, 6.07) is 10.2. The third-order valence-corrected chi connectivity index (χ3v) is 3.52. The van der Waals surface area contributed by atoms with Crippen molar-refractivity contribution in [3.63, 3.8) is 0 Å². The highest BCUT2D eigenvalue weighted by molar-refractivity contribution is 6.04. The first kappa shape index (κ1) is 16.6. The molecule has 25 heavy (non-hydrogen) atoms. The van der Waals surface area contributed by atoms with Crippen molar-refractivity contribution in [2.24, 2.45) is 0 Å². The van der Waals surface area contributed by atoms with Gasteiger partial charge in [-0.2, -0.15) is 0 Å². The van der Waals surface area contributed by atoms with Crippen molar-refractivity contribution in [2.45, 2.75) is 6.92 Å². The molecule has 0 atom stereocenters. The van der Waals surface area contributed by atoms with Gasteiger partial charge in [-0.25, -0.2) is 4.98 Å². The molecular weight excluding hydrogens is 324 g/mol. The van der Waals surface area contributed by atoms with Gasteiger partial charge in [0.15, 0.2) is 18.2 Å². The van der Waals surface area contributed by atoms with E-state index in [1.807, 2.05) is 6.92 Å². The Balaban J connectivity index is 1.70. The summed E-state index contributed by atoms with van der Waals surface area (Å²) in [6.07, 6.45) is 0. The second-order valence-corrected chi connectivity index (χ2v) is 5.33. The standard InChI is InChI=1S/C17H18N4O4/c1-2-24-12-5-3-11(4-6-12)19-15(22)9-21-16(23)10-25-13-7-8-14(18)20-17(13)21/h3-8H,2,9-10H2,1H3,(H2,18,20)(H,19,22). The van der Waals surface area contributed by atoms with Gasteiger partial charge in [0.25, 0.3) is 5.91 Å². The molecule has 3 rings (SSSR count). The minimum atomic E-state index is -0.354. The monoisotopic (exact) mass is 342 g/mol. The highest BCUT2D eigenvalue weighted by Crippen LogP contribution is 2.30. The van der Waals surface area contributed by atoms with Crippen molar-refractivity contribution < 1.29 is 19.1 Å². The van der Waals surface area contributed by atoms with Crippen LogP contribution in [0.3, 0.4) is 0 Å². The van der Waals surface area contributed by atoms with E-state index >= 15 is 0 Å². The number of nitrogens with zero attached hydrogens (tertiary/aromatic N) is 2. The fourth-order valence-corrected chi connectivity index (χ4v) is 2.40. The number of aromatic nitrogens is 1. The molecule has 0 saturated heterocycles. The van der Waals surface area contributed by atoms with Gasteiger partial charge in [-0.1, -0.05) is 0 Å². The number of ether oxygens (including phenoxy) is 2. The Morgan fingerprint density at radius 3 is 2.80 bits per heavy atom. The van der Waals surface area contributed by atoms with Gasteiger partial charge >= 0.3 is 0 Å². The molecule has 0 bridgehead atoms. The Bertz CT molecular complexity index is 792. The number of hydrogen-bond donors (Lipinski definition) is 2. The van der Waals surface area contributed by atoms with Gasteiger partial charge in [0, 0.05) is 5.69 Å². The number of nitrogen functional groups attached to an aromatic ring is 1. The molecule has 0 unspecified atom stereocenters. The average Bonchev–Trinajstić information content (AvgIpc) is 2.59. The van der Waals surface area contributed by atoms with E-state index in [2.05, 4.69) is 10.3 Å². The Hall–Kier alpha value is -3.29. The molecular formula is C17H18N4O4. The van der Waals surface area contributed by atoms with Crippen LogP contribution < -0.4 is 25.4 Å². The number of rotatable bonds is 5. The maximum Gasteiger partial charge on any atom is 0.266 e. The largest absolute Gasteiger partial charge is 0.494 e. The summed E-state index contributed by atoms with van der Waals surface area (Å²) in [7, 11) is 0. The molecule has 3 N–H and O–H groups in total. The molecule has 8 nitrogen and oxygen atoms in total. The second-order valence-electron chi connectivity index (χ2n) is 5.33. The number of pyridine rings is 1. The Kier molecular flexibility index (Phi) is 4.69. The van der Waals surface area contributed by atoms with Crippen LogP contribution in [0.15, 0.2) is 36.4 Å². The lowest BCUT2D eigenvalue weighted by molar-refractivity contribution is -0.123. The summed E-state index contributed by atoms with van der Waals surface area (Å²) < 4.78 is 10.7. The van der Waals surface area contributed by atoms with E-state index in [1.54, 1.807) is 36.4 Å². The fourth-order valence-electron chi connectivity index (χ4n) is 2.40. The number of hydrogen-bond acceptors (Lipinski definition) is 6. The predicted octanol–water partition coefficient (Wildman–Crippen LogP) is 1.43. The van der Waals surface area contributed by atoms with Gasteiger partial charge in [-0.3, -0.25) is 14.5 Å². The number of fused-ring (bicyclic) bond motifs is 1. The molecule has 1 aliphatic rings. The van der Waals surface area contributed by atoms with Crippen molar-refractivity contribution in [3.8, 4) is 11.5 Å². The number of nitrogens with two attached hydrogens (primary N) is 1. The molecule has 0 fully saturated rings. The summed E-state index contributed by atoms with van der Waals surface area (Å²) in [5.41, 5.74) is 6.27. The summed E-state index contributed by atoms with van der Waals surface area (Å²) in [6.45, 7) is 2.14. The van der Waals surface area contributed by atoms with Gasteiger partial charge in [0.1, 0.15) is 18.1 Å². The van der Waals surface area contributed by atoms with Crippen LogP contribution in [0, 0.1) is 0 Å². The molecule has 0 aliphatic carbocycles. The minimum absolute atomic E-state index is 0.144. The topological polar surface area (TPSA) is 107 Å². The Morgan fingerprint density at radius 2 is 2.08 bits per heavy atom. The van der Waals surface area contributed by atoms with Crippen LogP contribution in [0.1, 0.15) is 6.92 Å². The van der Waals surface area contributed by atoms with Crippen LogP contribution in [0.5, 0.6) is 11.5 Å². The molecule has 2 amide bonds. The van der Waals surface area contributed by atoms with Gasteiger partial charge in [-0.05, 0) is 43.3 Å². The summed E-state index contributed by atoms with van der Waals surface area (Å²) in [5, 5.41) is 2.74. The minimum Gasteiger partial charge on any atom is -0.494 e. The van der Waals surface area contributed by atoms with Crippen molar-refractivity contribution in [1.29, 1.82) is 0 Å². The third-order valence-electron chi connectivity index (χ3n) is 3.52. The number of carbonyl (C=O) groups excluding carboxylic acids is 2. The van der Waals surface area contributed by atoms with E-state index < -0.39 is 0 Å². The summed E-state index contributed by atoms with van der Waals surface area (Å²) in [4.78, 5) is 29.8. The summed E-state index contributed by atoms with van der Waals surface area (Å²) in [5.74, 6) is 0.925.